The van der Waals surface area contributed by atoms with Gasteiger partial charge in [-0.25, -0.2) is 0 Å². The topological polar surface area (TPSA) is 161 Å². The molecule has 3 N–H and O–H groups in total. The molecule has 1 aromatic carbocycles. The van der Waals surface area contributed by atoms with Gasteiger partial charge in [0.2, 0.25) is 0 Å². The number of nitrogens with zero attached hydrogens (tertiary/aromatic N) is 3. The third kappa shape index (κ3) is 5.17. The van der Waals surface area contributed by atoms with Gasteiger partial charge in [-0.2, -0.15) is 10.5 Å². The summed E-state index contributed by atoms with van der Waals surface area (Å²) in [5, 5.41) is 29.9. The summed E-state index contributed by atoms with van der Waals surface area (Å²) in [5.41, 5.74) is 3.52. The Morgan fingerprint density at radius 2 is 1.91 bits per heavy atom. The minimum atomic E-state index is -0.780. The molecule has 0 aliphatic rings. The van der Waals surface area contributed by atoms with Gasteiger partial charge in [0.05, 0.1) is 11.5 Å². The molecule has 1 aromatic rings. The first-order chi connectivity index (χ1) is 11.0. The highest BCUT2D eigenvalue weighted by Crippen LogP contribution is 2.16. The molecule has 116 valence electrons. The molecule has 0 bridgehead atoms. The number of hydrogen-bond acceptors (Lipinski definition) is 7. The number of nitro benzene ring substituents is 1. The molecular weight excluding hydrogens is 304 g/mol. The zero-order valence-corrected chi connectivity index (χ0v) is 11.6. The van der Waals surface area contributed by atoms with Gasteiger partial charge in [0, 0.05) is 12.3 Å². The maximum Gasteiger partial charge on any atom is 0.282 e. The Morgan fingerprint density at radius 3 is 2.52 bits per heavy atom. The van der Waals surface area contributed by atoms with Crippen LogP contribution in [-0.4, -0.2) is 23.3 Å². The van der Waals surface area contributed by atoms with Crippen LogP contribution in [0.3, 0.4) is 0 Å². The first-order valence-corrected chi connectivity index (χ1v) is 6.06. The Bertz CT molecular complexity index is 728. The summed E-state index contributed by atoms with van der Waals surface area (Å²) in [5.74, 6) is -1.46. The van der Waals surface area contributed by atoms with E-state index in [2.05, 4.69) is 16.2 Å². The average Bonchev–Trinajstić information content (AvgIpc) is 2.56. The highest BCUT2D eigenvalue weighted by molar-refractivity contribution is 5.99. The van der Waals surface area contributed by atoms with E-state index in [0.717, 1.165) is 6.20 Å². The van der Waals surface area contributed by atoms with E-state index in [1.807, 2.05) is 0 Å². The highest BCUT2D eigenvalue weighted by Gasteiger charge is 2.19. The van der Waals surface area contributed by atoms with E-state index in [-0.39, 0.29) is 16.8 Å². The van der Waals surface area contributed by atoms with Gasteiger partial charge < -0.3 is 10.7 Å². The van der Waals surface area contributed by atoms with E-state index in [0.29, 0.717) is 0 Å². The Hall–Kier alpha value is -3.92. The van der Waals surface area contributed by atoms with Crippen LogP contribution in [0.15, 0.2) is 36.0 Å². The standard InChI is InChI=1S/C13H10N6O4/c14-5-9(6-15)7-17-18-12(20)8-16-13(21)10-3-1-2-4-11(10)19(22)23/h1-4,7,17H,8H2,(H,16,21)(H,18,20). The van der Waals surface area contributed by atoms with Gasteiger partial charge in [0.25, 0.3) is 17.5 Å². The first kappa shape index (κ1) is 17.1. The van der Waals surface area contributed by atoms with Gasteiger partial charge in [-0.3, -0.25) is 25.1 Å². The third-order valence-corrected chi connectivity index (χ3v) is 2.42. The summed E-state index contributed by atoms with van der Waals surface area (Å²) in [6, 6.07) is 8.44. The Labute approximate surface area is 130 Å². The first-order valence-electron chi connectivity index (χ1n) is 6.06. The maximum atomic E-state index is 11.8. The summed E-state index contributed by atoms with van der Waals surface area (Å²) in [4.78, 5) is 33.4. The van der Waals surface area contributed by atoms with Crippen molar-refractivity contribution >= 4 is 17.5 Å². The maximum absolute atomic E-state index is 11.8. The second-order valence-corrected chi connectivity index (χ2v) is 3.93. The predicted molar refractivity (Wildman–Crippen MR) is 76.0 cm³/mol. The largest absolute Gasteiger partial charge is 0.343 e. The fourth-order valence-corrected chi connectivity index (χ4v) is 1.40. The summed E-state index contributed by atoms with van der Waals surface area (Å²) >= 11 is 0. The van der Waals surface area contributed by atoms with Gasteiger partial charge in [0.1, 0.15) is 23.3 Å². The van der Waals surface area contributed by atoms with Crippen LogP contribution in [0.5, 0.6) is 0 Å². The zero-order chi connectivity index (χ0) is 17.2. The van der Waals surface area contributed by atoms with Crippen molar-refractivity contribution in [2.45, 2.75) is 0 Å². The van der Waals surface area contributed by atoms with Gasteiger partial charge in [-0.15, -0.1) is 0 Å². The van der Waals surface area contributed by atoms with Gasteiger partial charge in [-0.1, -0.05) is 12.1 Å². The van der Waals surface area contributed by atoms with E-state index in [4.69, 9.17) is 10.5 Å². The molecule has 0 aliphatic carbocycles. The molecule has 0 atom stereocenters. The predicted octanol–water partition coefficient (Wildman–Crippen LogP) is -0.124. The number of rotatable bonds is 6. The second kappa shape index (κ2) is 8.39. The number of allylic oxidation sites excluding steroid dienone is 1. The fourth-order valence-electron chi connectivity index (χ4n) is 1.40. The minimum absolute atomic E-state index is 0.172. The van der Waals surface area contributed by atoms with E-state index in [1.165, 1.54) is 24.3 Å². The van der Waals surface area contributed by atoms with Crippen LogP contribution in [-0.2, 0) is 4.79 Å². The Kier molecular flexibility index (Phi) is 6.25. The molecule has 0 saturated carbocycles. The van der Waals surface area contributed by atoms with Crippen molar-refractivity contribution in [3.63, 3.8) is 0 Å². The van der Waals surface area contributed by atoms with Crippen LogP contribution in [0, 0.1) is 32.8 Å². The zero-order valence-electron chi connectivity index (χ0n) is 11.6. The molecule has 10 heteroatoms. The van der Waals surface area contributed by atoms with Crippen molar-refractivity contribution < 1.29 is 14.5 Å². The third-order valence-electron chi connectivity index (χ3n) is 2.42. The lowest BCUT2D eigenvalue weighted by Crippen LogP contribution is -2.41. The van der Waals surface area contributed by atoms with Crippen molar-refractivity contribution in [3.05, 3.63) is 51.7 Å². The molecule has 2 amide bonds. The Morgan fingerprint density at radius 1 is 1.26 bits per heavy atom. The summed E-state index contributed by atoms with van der Waals surface area (Å²) < 4.78 is 0. The van der Waals surface area contributed by atoms with Crippen LogP contribution in [0.2, 0.25) is 0 Å². The summed E-state index contributed by atoms with van der Waals surface area (Å²) in [6.45, 7) is -0.458. The lowest BCUT2D eigenvalue weighted by molar-refractivity contribution is -0.385. The molecule has 0 radical (unpaired) electrons. The van der Waals surface area contributed by atoms with E-state index in [9.17, 15) is 19.7 Å². The van der Waals surface area contributed by atoms with Crippen molar-refractivity contribution in [3.8, 4) is 12.1 Å². The quantitative estimate of drug-likeness (QED) is 0.374. The molecule has 0 unspecified atom stereocenters. The number of benzene rings is 1. The second-order valence-electron chi connectivity index (χ2n) is 3.93. The summed E-state index contributed by atoms with van der Waals surface area (Å²) in [6.07, 6.45) is 0.974. The van der Waals surface area contributed by atoms with Crippen LogP contribution in [0.1, 0.15) is 10.4 Å². The minimum Gasteiger partial charge on any atom is -0.343 e. The van der Waals surface area contributed by atoms with E-state index >= 15 is 0 Å². The van der Waals surface area contributed by atoms with E-state index in [1.54, 1.807) is 12.1 Å². The molecule has 0 saturated heterocycles. The number of carbonyl (C=O) groups excluding carboxylic acids is 2. The molecule has 0 heterocycles. The number of para-hydroxylation sites is 1. The number of nitriles is 2. The smallest absolute Gasteiger partial charge is 0.282 e. The molecule has 23 heavy (non-hydrogen) atoms. The van der Waals surface area contributed by atoms with Crippen LogP contribution < -0.4 is 16.2 Å². The van der Waals surface area contributed by atoms with Crippen molar-refractivity contribution in [1.82, 2.24) is 16.2 Å². The van der Waals surface area contributed by atoms with Crippen molar-refractivity contribution in [1.29, 1.82) is 10.5 Å². The molecule has 0 fully saturated rings. The molecule has 0 aliphatic heterocycles. The number of nitro groups is 1. The normalized spacial score (nSPS) is 8.78. The molecule has 10 nitrogen and oxygen atoms in total. The number of carbonyl (C=O) groups is 2. The summed E-state index contributed by atoms with van der Waals surface area (Å²) in [7, 11) is 0. The van der Waals surface area contributed by atoms with Crippen LogP contribution in [0.4, 0.5) is 5.69 Å². The lowest BCUT2D eigenvalue weighted by atomic mass is 10.1. The van der Waals surface area contributed by atoms with Gasteiger partial charge in [-0.05, 0) is 6.07 Å². The molecule has 0 aromatic heterocycles. The average molecular weight is 314 g/mol. The SMILES string of the molecule is N#CC(C#N)=CNNC(=O)CNC(=O)c1ccccc1[N+](=O)[O-]. The number of hydrazine groups is 1. The van der Waals surface area contributed by atoms with E-state index < -0.39 is 23.3 Å². The van der Waals surface area contributed by atoms with Crippen molar-refractivity contribution in [2.24, 2.45) is 0 Å². The lowest BCUT2D eigenvalue weighted by Gasteiger charge is -2.06. The number of nitrogens with one attached hydrogen (secondary N) is 3. The van der Waals surface area contributed by atoms with Crippen LogP contribution >= 0.6 is 0 Å². The molecule has 1 rings (SSSR count). The number of amides is 2. The monoisotopic (exact) mass is 314 g/mol. The van der Waals surface area contributed by atoms with Gasteiger partial charge >= 0.3 is 0 Å². The van der Waals surface area contributed by atoms with Crippen molar-refractivity contribution in [2.75, 3.05) is 6.54 Å². The highest BCUT2D eigenvalue weighted by atomic mass is 16.6. The number of hydrogen-bond donors (Lipinski definition) is 3. The fraction of sp³-hybridized carbons (Fsp3) is 0.0769. The van der Waals surface area contributed by atoms with Crippen LogP contribution in [0.25, 0.3) is 0 Å². The van der Waals surface area contributed by atoms with Gasteiger partial charge in [0.15, 0.2) is 0 Å². The Balaban J connectivity index is 2.56. The molecule has 0 spiro atoms. The molecular formula is C13H10N6O4.